The Morgan fingerprint density at radius 3 is 2.72 bits per heavy atom. The van der Waals surface area contributed by atoms with Crippen molar-refractivity contribution >= 4 is 24.0 Å². The lowest BCUT2D eigenvalue weighted by Gasteiger charge is -2.23. The van der Waals surface area contributed by atoms with Gasteiger partial charge >= 0.3 is 5.69 Å². The molecule has 8 nitrogen and oxygen atoms in total. The molecule has 1 rings (SSSR count). The number of halogens is 1. The predicted octanol–water partition coefficient (Wildman–Crippen LogP) is 0.0231. The second-order valence-electron chi connectivity index (χ2n) is 4.00. The lowest BCUT2D eigenvalue weighted by atomic mass is 10.1. The normalized spacial score (nSPS) is 10.6. The fourth-order valence-electron chi connectivity index (χ4n) is 1.22. The topological polar surface area (TPSA) is 116 Å². The third kappa shape index (κ3) is 3.41. The summed E-state index contributed by atoms with van der Waals surface area (Å²) in [5, 5.41) is 17.0. The first-order valence-electron chi connectivity index (χ1n) is 5.07. The Bertz CT molecular complexity index is 432. The lowest BCUT2D eigenvalue weighted by Crippen LogP contribution is -2.46. The summed E-state index contributed by atoms with van der Waals surface area (Å²) in [7, 11) is 0. The highest BCUT2D eigenvalue weighted by Crippen LogP contribution is 2.18. The molecular formula is C9H16ClN5O3. The molecule has 102 valence electrons. The number of hydrogen-bond acceptors (Lipinski definition) is 5. The van der Waals surface area contributed by atoms with E-state index >= 15 is 0 Å². The molecule has 0 aromatic carbocycles. The van der Waals surface area contributed by atoms with Gasteiger partial charge in [0.05, 0.1) is 4.92 Å². The number of carbonyl (C=O) groups excluding carboxylic acids is 1. The van der Waals surface area contributed by atoms with Gasteiger partial charge in [-0.15, -0.1) is 12.4 Å². The van der Waals surface area contributed by atoms with Crippen molar-refractivity contribution < 1.29 is 9.72 Å². The summed E-state index contributed by atoms with van der Waals surface area (Å²) in [6, 6.07) is 0. The van der Waals surface area contributed by atoms with E-state index in [4.69, 9.17) is 5.73 Å². The quantitative estimate of drug-likeness (QED) is 0.581. The highest BCUT2D eigenvalue weighted by molar-refractivity contribution is 5.85. The molecule has 0 radical (unpaired) electrons. The molecule has 1 amide bonds. The van der Waals surface area contributed by atoms with Crippen molar-refractivity contribution in [1.29, 1.82) is 0 Å². The number of carbonyl (C=O) groups is 1. The van der Waals surface area contributed by atoms with Crippen LogP contribution in [0.5, 0.6) is 0 Å². The van der Waals surface area contributed by atoms with Gasteiger partial charge < -0.3 is 11.1 Å². The monoisotopic (exact) mass is 277 g/mol. The first-order valence-corrected chi connectivity index (χ1v) is 5.07. The molecule has 0 unspecified atom stereocenters. The van der Waals surface area contributed by atoms with Gasteiger partial charge in [-0.1, -0.05) is 0 Å². The highest BCUT2D eigenvalue weighted by Gasteiger charge is 2.31. The zero-order valence-electron chi connectivity index (χ0n) is 10.1. The van der Waals surface area contributed by atoms with Crippen LogP contribution < -0.4 is 11.1 Å². The molecule has 0 saturated heterocycles. The predicted molar refractivity (Wildman–Crippen MR) is 67.5 cm³/mol. The largest absolute Gasteiger partial charge is 0.353 e. The van der Waals surface area contributed by atoms with E-state index in [2.05, 4.69) is 10.4 Å². The Morgan fingerprint density at radius 1 is 1.67 bits per heavy atom. The summed E-state index contributed by atoms with van der Waals surface area (Å²) in [5.41, 5.74) is 4.13. The van der Waals surface area contributed by atoms with Crippen LogP contribution in [0.2, 0.25) is 0 Å². The van der Waals surface area contributed by atoms with Crippen molar-refractivity contribution in [3.63, 3.8) is 0 Å². The Morgan fingerprint density at radius 2 is 2.28 bits per heavy atom. The Labute approximate surface area is 110 Å². The maximum Gasteiger partial charge on any atom is 0.307 e. The van der Waals surface area contributed by atoms with Crippen LogP contribution in [0.15, 0.2) is 12.4 Å². The number of nitro groups is 1. The van der Waals surface area contributed by atoms with E-state index in [9.17, 15) is 14.9 Å². The van der Waals surface area contributed by atoms with Gasteiger partial charge in [0.1, 0.15) is 17.9 Å². The number of rotatable bonds is 5. The van der Waals surface area contributed by atoms with Gasteiger partial charge in [-0.05, 0) is 13.8 Å². The molecule has 0 fully saturated rings. The summed E-state index contributed by atoms with van der Waals surface area (Å²) >= 11 is 0. The average molecular weight is 278 g/mol. The van der Waals surface area contributed by atoms with E-state index in [1.807, 2.05) is 0 Å². The van der Waals surface area contributed by atoms with E-state index in [-0.39, 0.29) is 24.0 Å². The van der Waals surface area contributed by atoms with Crippen molar-refractivity contribution in [3.05, 3.63) is 22.5 Å². The minimum Gasteiger partial charge on any atom is -0.353 e. The van der Waals surface area contributed by atoms with Gasteiger partial charge in [0.2, 0.25) is 5.91 Å². The first kappa shape index (κ1) is 16.3. The maximum absolute atomic E-state index is 11.8. The molecule has 9 heteroatoms. The van der Waals surface area contributed by atoms with Crippen LogP contribution in [0.4, 0.5) is 5.69 Å². The molecule has 0 aliphatic rings. The molecular weight excluding hydrogens is 262 g/mol. The first-order chi connectivity index (χ1) is 7.89. The molecule has 1 aromatic heterocycles. The van der Waals surface area contributed by atoms with Crippen LogP contribution in [-0.2, 0) is 10.3 Å². The number of hydrogen-bond donors (Lipinski definition) is 2. The Kier molecular flexibility index (Phi) is 5.73. The third-order valence-electron chi connectivity index (χ3n) is 2.34. The molecule has 18 heavy (non-hydrogen) atoms. The van der Waals surface area contributed by atoms with E-state index < -0.39 is 10.5 Å². The lowest BCUT2D eigenvalue weighted by molar-refractivity contribution is -0.385. The van der Waals surface area contributed by atoms with Crippen molar-refractivity contribution in [3.8, 4) is 0 Å². The molecule has 0 spiro atoms. The summed E-state index contributed by atoms with van der Waals surface area (Å²) < 4.78 is 1.26. The van der Waals surface area contributed by atoms with Gasteiger partial charge in [-0.2, -0.15) is 5.10 Å². The average Bonchev–Trinajstić information content (AvgIpc) is 2.75. The van der Waals surface area contributed by atoms with Crippen LogP contribution in [-0.4, -0.2) is 33.7 Å². The maximum atomic E-state index is 11.8. The molecule has 0 bridgehead atoms. The third-order valence-corrected chi connectivity index (χ3v) is 2.34. The number of nitrogens with zero attached hydrogens (tertiary/aromatic N) is 3. The summed E-state index contributed by atoms with van der Waals surface area (Å²) in [4.78, 5) is 21.8. The van der Waals surface area contributed by atoms with Gasteiger partial charge in [0, 0.05) is 13.1 Å². The van der Waals surface area contributed by atoms with E-state index in [0.717, 1.165) is 6.20 Å². The van der Waals surface area contributed by atoms with E-state index in [0.29, 0.717) is 13.1 Å². The zero-order valence-corrected chi connectivity index (χ0v) is 10.9. The van der Waals surface area contributed by atoms with E-state index in [1.54, 1.807) is 13.8 Å². The molecule has 1 heterocycles. The summed E-state index contributed by atoms with van der Waals surface area (Å²) in [6.45, 7) is 3.93. The van der Waals surface area contributed by atoms with E-state index in [1.165, 1.54) is 10.9 Å². The van der Waals surface area contributed by atoms with Gasteiger partial charge in [0.15, 0.2) is 0 Å². The number of amides is 1. The standard InChI is InChI=1S/C9H15N5O3.ClH/c1-9(2,8(15)11-4-3-10)13-6-7(5-12-13)14(16)17;/h5-6H,3-4,10H2,1-2H3,(H,11,15);1H. The van der Waals surface area contributed by atoms with Crippen LogP contribution >= 0.6 is 12.4 Å². The minimum absolute atomic E-state index is 0. The zero-order chi connectivity index (χ0) is 13.1. The highest BCUT2D eigenvalue weighted by atomic mass is 35.5. The van der Waals surface area contributed by atoms with Gasteiger partial charge in [0.25, 0.3) is 0 Å². The van der Waals surface area contributed by atoms with Crippen molar-refractivity contribution in [2.75, 3.05) is 13.1 Å². The molecule has 3 N–H and O–H groups in total. The summed E-state index contributed by atoms with van der Waals surface area (Å²) in [6.07, 6.45) is 2.33. The van der Waals surface area contributed by atoms with Crippen molar-refractivity contribution in [2.45, 2.75) is 19.4 Å². The second kappa shape index (κ2) is 6.31. The molecule has 0 aliphatic carbocycles. The SMILES string of the molecule is CC(C)(C(=O)NCCN)n1cc([N+](=O)[O-])cn1.Cl. The van der Waals surface area contributed by atoms with Gasteiger partial charge in [-0.3, -0.25) is 19.6 Å². The van der Waals surface area contributed by atoms with Crippen molar-refractivity contribution in [2.24, 2.45) is 5.73 Å². The fraction of sp³-hybridized carbons (Fsp3) is 0.556. The van der Waals surface area contributed by atoms with Crippen LogP contribution in [0.25, 0.3) is 0 Å². The molecule has 0 atom stereocenters. The van der Waals surface area contributed by atoms with Crippen LogP contribution in [0.1, 0.15) is 13.8 Å². The van der Waals surface area contributed by atoms with Crippen LogP contribution in [0, 0.1) is 10.1 Å². The summed E-state index contributed by atoms with van der Waals surface area (Å²) in [5.74, 6) is -0.291. The Hall–Kier alpha value is -1.67. The number of aromatic nitrogens is 2. The van der Waals surface area contributed by atoms with Crippen molar-refractivity contribution in [1.82, 2.24) is 15.1 Å². The molecule has 0 aliphatic heterocycles. The number of nitrogens with one attached hydrogen (secondary N) is 1. The van der Waals surface area contributed by atoms with Gasteiger partial charge in [-0.25, -0.2) is 0 Å². The smallest absolute Gasteiger partial charge is 0.307 e. The fourth-order valence-corrected chi connectivity index (χ4v) is 1.22. The Balaban J connectivity index is 0.00000289. The molecule has 0 saturated carbocycles. The van der Waals surface area contributed by atoms with Crippen LogP contribution in [0.3, 0.4) is 0 Å². The molecule has 1 aromatic rings. The number of nitrogens with two attached hydrogens (primary N) is 1. The minimum atomic E-state index is -0.997. The second-order valence-corrected chi connectivity index (χ2v) is 4.00.